The maximum atomic E-state index is 13.3. The summed E-state index contributed by atoms with van der Waals surface area (Å²) in [6.07, 6.45) is 0. The van der Waals surface area contributed by atoms with E-state index in [2.05, 4.69) is 5.32 Å². The number of carbonyl (C=O) groups is 1. The van der Waals surface area contributed by atoms with E-state index in [1.807, 2.05) is 13.0 Å². The van der Waals surface area contributed by atoms with Crippen molar-refractivity contribution in [3.8, 4) is 5.75 Å². The zero-order chi connectivity index (χ0) is 14.5. The number of rotatable bonds is 4. The van der Waals surface area contributed by atoms with Crippen molar-refractivity contribution in [3.63, 3.8) is 0 Å². The number of halogens is 1. The van der Waals surface area contributed by atoms with Gasteiger partial charge in [0.15, 0.2) is 6.61 Å². The minimum Gasteiger partial charge on any atom is -0.482 e. The lowest BCUT2D eigenvalue weighted by molar-refractivity contribution is -0.118. The molecule has 0 fully saturated rings. The van der Waals surface area contributed by atoms with Crippen molar-refractivity contribution in [2.24, 2.45) is 0 Å². The van der Waals surface area contributed by atoms with Gasteiger partial charge in [-0.05, 0) is 36.8 Å². The third-order valence-electron chi connectivity index (χ3n) is 2.67. The van der Waals surface area contributed by atoms with E-state index in [1.165, 1.54) is 12.1 Å². The topological polar surface area (TPSA) is 64.3 Å². The Kier molecular flexibility index (Phi) is 4.20. The fourth-order valence-corrected chi connectivity index (χ4v) is 1.69. The molecule has 2 rings (SSSR count). The van der Waals surface area contributed by atoms with Crippen LogP contribution < -0.4 is 15.8 Å². The largest absolute Gasteiger partial charge is 0.482 e. The van der Waals surface area contributed by atoms with Gasteiger partial charge in [-0.15, -0.1) is 0 Å². The molecule has 0 saturated carbocycles. The number of benzene rings is 2. The molecule has 0 aliphatic carbocycles. The SMILES string of the molecule is Cc1ccc(OCC(=O)Nc2ccccc2F)c(N)c1. The highest BCUT2D eigenvalue weighted by Crippen LogP contribution is 2.22. The van der Waals surface area contributed by atoms with E-state index in [4.69, 9.17) is 10.5 Å². The number of aryl methyl sites for hydroxylation is 1. The first-order valence-electron chi connectivity index (χ1n) is 6.09. The van der Waals surface area contributed by atoms with E-state index in [9.17, 15) is 9.18 Å². The van der Waals surface area contributed by atoms with Gasteiger partial charge in [-0.1, -0.05) is 18.2 Å². The number of ether oxygens (including phenoxy) is 1. The van der Waals surface area contributed by atoms with Crippen molar-refractivity contribution in [1.29, 1.82) is 0 Å². The van der Waals surface area contributed by atoms with E-state index in [0.717, 1.165) is 5.56 Å². The number of hydrogen-bond donors (Lipinski definition) is 2. The molecule has 0 aliphatic heterocycles. The highest BCUT2D eigenvalue weighted by Gasteiger charge is 2.08. The molecular weight excluding hydrogens is 259 g/mol. The fraction of sp³-hybridized carbons (Fsp3) is 0.133. The van der Waals surface area contributed by atoms with Crippen molar-refractivity contribution in [1.82, 2.24) is 0 Å². The van der Waals surface area contributed by atoms with Gasteiger partial charge in [0, 0.05) is 0 Å². The molecule has 0 bridgehead atoms. The molecular formula is C15H15FN2O2. The van der Waals surface area contributed by atoms with Gasteiger partial charge in [0.2, 0.25) is 0 Å². The fourth-order valence-electron chi connectivity index (χ4n) is 1.69. The summed E-state index contributed by atoms with van der Waals surface area (Å²) < 4.78 is 18.7. The van der Waals surface area contributed by atoms with Gasteiger partial charge in [-0.3, -0.25) is 4.79 Å². The molecule has 0 aliphatic rings. The minimum atomic E-state index is -0.490. The predicted molar refractivity (Wildman–Crippen MR) is 76.1 cm³/mol. The third kappa shape index (κ3) is 3.47. The number of nitrogen functional groups attached to an aromatic ring is 1. The second-order valence-electron chi connectivity index (χ2n) is 4.36. The maximum absolute atomic E-state index is 13.3. The summed E-state index contributed by atoms with van der Waals surface area (Å²) in [5.74, 6) is -0.509. The summed E-state index contributed by atoms with van der Waals surface area (Å²) in [6.45, 7) is 1.67. The van der Waals surface area contributed by atoms with Crippen molar-refractivity contribution in [2.75, 3.05) is 17.7 Å². The Morgan fingerprint density at radius 3 is 2.75 bits per heavy atom. The number of amides is 1. The molecule has 0 heterocycles. The number of para-hydroxylation sites is 1. The molecule has 4 nitrogen and oxygen atoms in total. The smallest absolute Gasteiger partial charge is 0.262 e. The van der Waals surface area contributed by atoms with Crippen LogP contribution in [0.5, 0.6) is 5.75 Å². The van der Waals surface area contributed by atoms with Gasteiger partial charge in [0.25, 0.3) is 5.91 Å². The number of nitrogens with two attached hydrogens (primary N) is 1. The quantitative estimate of drug-likeness (QED) is 0.842. The Labute approximate surface area is 116 Å². The van der Waals surface area contributed by atoms with Crippen LogP contribution in [0.1, 0.15) is 5.56 Å². The molecule has 3 N–H and O–H groups in total. The maximum Gasteiger partial charge on any atom is 0.262 e. The average molecular weight is 274 g/mol. The molecule has 0 aromatic heterocycles. The van der Waals surface area contributed by atoms with E-state index in [1.54, 1.807) is 24.3 Å². The van der Waals surface area contributed by atoms with Crippen LogP contribution in [0.15, 0.2) is 42.5 Å². The predicted octanol–water partition coefficient (Wildman–Crippen LogP) is 2.73. The average Bonchev–Trinajstić information content (AvgIpc) is 2.40. The van der Waals surface area contributed by atoms with Crippen LogP contribution in [0.25, 0.3) is 0 Å². The minimum absolute atomic E-state index is 0.123. The first kappa shape index (κ1) is 13.9. The molecule has 0 spiro atoms. The Morgan fingerprint density at radius 2 is 2.05 bits per heavy atom. The Balaban J connectivity index is 1.94. The summed E-state index contributed by atoms with van der Waals surface area (Å²) in [5, 5.41) is 2.43. The van der Waals surface area contributed by atoms with Crippen molar-refractivity contribution in [2.45, 2.75) is 6.92 Å². The van der Waals surface area contributed by atoms with Crippen molar-refractivity contribution < 1.29 is 13.9 Å². The van der Waals surface area contributed by atoms with Crippen LogP contribution in [0.3, 0.4) is 0 Å². The van der Waals surface area contributed by atoms with Crippen LogP contribution in [0.4, 0.5) is 15.8 Å². The summed E-state index contributed by atoms with van der Waals surface area (Å²) in [6, 6.07) is 11.2. The van der Waals surface area contributed by atoms with Crippen molar-refractivity contribution in [3.05, 3.63) is 53.8 Å². The molecule has 104 valence electrons. The van der Waals surface area contributed by atoms with Crippen LogP contribution in [-0.2, 0) is 4.79 Å². The van der Waals surface area contributed by atoms with E-state index >= 15 is 0 Å². The van der Waals surface area contributed by atoms with Crippen LogP contribution in [0.2, 0.25) is 0 Å². The van der Waals surface area contributed by atoms with Crippen LogP contribution in [-0.4, -0.2) is 12.5 Å². The Bertz CT molecular complexity index is 629. The summed E-state index contributed by atoms with van der Waals surface area (Å²) in [5.41, 5.74) is 7.36. The van der Waals surface area contributed by atoms with Gasteiger partial charge >= 0.3 is 0 Å². The van der Waals surface area contributed by atoms with Crippen LogP contribution >= 0.6 is 0 Å². The van der Waals surface area contributed by atoms with Gasteiger partial charge in [0.1, 0.15) is 11.6 Å². The second-order valence-corrected chi connectivity index (χ2v) is 4.36. The molecule has 0 saturated heterocycles. The molecule has 0 atom stereocenters. The Hall–Kier alpha value is -2.56. The molecule has 5 heteroatoms. The number of carbonyl (C=O) groups excluding carboxylic acids is 1. The van der Waals surface area contributed by atoms with Gasteiger partial charge < -0.3 is 15.8 Å². The van der Waals surface area contributed by atoms with E-state index in [0.29, 0.717) is 11.4 Å². The summed E-state index contributed by atoms with van der Waals surface area (Å²) in [4.78, 5) is 11.7. The number of anilines is 2. The highest BCUT2D eigenvalue weighted by atomic mass is 19.1. The van der Waals surface area contributed by atoms with E-state index in [-0.39, 0.29) is 12.3 Å². The first-order valence-corrected chi connectivity index (χ1v) is 6.09. The zero-order valence-electron chi connectivity index (χ0n) is 11.0. The van der Waals surface area contributed by atoms with Gasteiger partial charge in [-0.25, -0.2) is 4.39 Å². The standard InChI is InChI=1S/C15H15FN2O2/c1-10-6-7-14(12(17)8-10)20-9-15(19)18-13-5-3-2-4-11(13)16/h2-8H,9,17H2,1H3,(H,18,19). The molecule has 2 aromatic carbocycles. The number of hydrogen-bond acceptors (Lipinski definition) is 3. The van der Waals surface area contributed by atoms with Gasteiger partial charge in [0.05, 0.1) is 11.4 Å². The first-order chi connectivity index (χ1) is 9.56. The van der Waals surface area contributed by atoms with E-state index < -0.39 is 11.7 Å². The Morgan fingerprint density at radius 1 is 1.30 bits per heavy atom. The number of nitrogens with one attached hydrogen (secondary N) is 1. The molecule has 20 heavy (non-hydrogen) atoms. The molecule has 2 aromatic rings. The summed E-state index contributed by atoms with van der Waals surface area (Å²) in [7, 11) is 0. The zero-order valence-corrected chi connectivity index (χ0v) is 11.0. The normalized spacial score (nSPS) is 10.1. The van der Waals surface area contributed by atoms with Gasteiger partial charge in [-0.2, -0.15) is 0 Å². The molecule has 0 radical (unpaired) electrons. The summed E-state index contributed by atoms with van der Waals surface area (Å²) >= 11 is 0. The van der Waals surface area contributed by atoms with Crippen molar-refractivity contribution >= 4 is 17.3 Å². The molecule has 0 unspecified atom stereocenters. The monoisotopic (exact) mass is 274 g/mol. The lowest BCUT2D eigenvalue weighted by Gasteiger charge is -2.10. The molecule has 1 amide bonds. The lowest BCUT2D eigenvalue weighted by Crippen LogP contribution is -2.21. The highest BCUT2D eigenvalue weighted by molar-refractivity contribution is 5.92. The lowest BCUT2D eigenvalue weighted by atomic mass is 10.2. The second kappa shape index (κ2) is 6.06. The third-order valence-corrected chi connectivity index (χ3v) is 2.67. The van der Waals surface area contributed by atoms with Crippen LogP contribution in [0, 0.1) is 12.7 Å².